The molecule has 4 rings (SSSR count). The third-order valence-corrected chi connectivity index (χ3v) is 6.62. The van der Waals surface area contributed by atoms with Crippen LogP contribution < -0.4 is 10.2 Å². The predicted octanol–water partition coefficient (Wildman–Crippen LogP) is 5.91. The number of hydrogen-bond donors (Lipinski definition) is 1. The Morgan fingerprint density at radius 1 is 1.14 bits per heavy atom. The number of ether oxygens (including phenoxy) is 1. The summed E-state index contributed by atoms with van der Waals surface area (Å²) in [6.07, 6.45) is 1.54. The molecule has 0 aliphatic heterocycles. The quantitative estimate of drug-likeness (QED) is 0.162. The van der Waals surface area contributed by atoms with Gasteiger partial charge in [0.1, 0.15) is 5.75 Å². The van der Waals surface area contributed by atoms with E-state index in [0.29, 0.717) is 21.8 Å². The van der Waals surface area contributed by atoms with Gasteiger partial charge >= 0.3 is 0 Å². The number of amides is 1. The lowest BCUT2D eigenvalue weighted by atomic mass is 10.1. The summed E-state index contributed by atoms with van der Waals surface area (Å²) in [6.45, 7) is 2.03. The van der Waals surface area contributed by atoms with E-state index in [1.807, 2.05) is 78.2 Å². The monoisotopic (exact) mass is 569 g/mol. The number of thioether (sulfide) groups is 1. The molecule has 0 spiro atoms. The van der Waals surface area contributed by atoms with Crippen LogP contribution in [-0.2, 0) is 4.79 Å². The molecule has 0 saturated carbocycles. The van der Waals surface area contributed by atoms with Crippen molar-refractivity contribution in [2.75, 3.05) is 12.9 Å². The van der Waals surface area contributed by atoms with Gasteiger partial charge in [-0.25, -0.2) is 5.43 Å². The van der Waals surface area contributed by atoms with Crippen molar-refractivity contribution in [3.8, 4) is 22.8 Å². The summed E-state index contributed by atoms with van der Waals surface area (Å²) in [5.74, 6) is 1.16. The summed E-state index contributed by atoms with van der Waals surface area (Å²) < 4.78 is 8.11. The van der Waals surface area contributed by atoms with Crippen molar-refractivity contribution in [1.82, 2.24) is 20.2 Å². The van der Waals surface area contributed by atoms with Gasteiger partial charge in [-0.1, -0.05) is 69.1 Å². The third-order valence-electron chi connectivity index (χ3n) is 4.94. The van der Waals surface area contributed by atoms with Gasteiger partial charge in [0.15, 0.2) is 11.0 Å². The number of hydrogen-bond acceptors (Lipinski definition) is 6. The van der Waals surface area contributed by atoms with Crippen molar-refractivity contribution in [1.29, 1.82) is 0 Å². The molecule has 4 aromatic rings. The molecular weight excluding hydrogens is 550 g/mol. The Hall–Kier alpha value is -3.14. The molecule has 0 radical (unpaired) electrons. The highest BCUT2D eigenvalue weighted by Crippen LogP contribution is 2.29. The van der Waals surface area contributed by atoms with Crippen LogP contribution in [0.1, 0.15) is 11.1 Å². The van der Waals surface area contributed by atoms with Crippen LogP contribution in [0.25, 0.3) is 17.1 Å². The topological polar surface area (TPSA) is 81.4 Å². The second kappa shape index (κ2) is 11.5. The van der Waals surface area contributed by atoms with Gasteiger partial charge in [0, 0.05) is 26.3 Å². The van der Waals surface area contributed by atoms with E-state index in [-0.39, 0.29) is 11.7 Å². The molecule has 1 heterocycles. The van der Waals surface area contributed by atoms with Gasteiger partial charge in [-0.05, 0) is 49.4 Å². The van der Waals surface area contributed by atoms with Crippen LogP contribution in [0.5, 0.6) is 5.75 Å². The van der Waals surface area contributed by atoms with Gasteiger partial charge in [0.2, 0.25) is 0 Å². The van der Waals surface area contributed by atoms with Crippen molar-refractivity contribution < 1.29 is 9.53 Å². The molecule has 0 bridgehead atoms. The first-order chi connectivity index (χ1) is 16.9. The molecule has 1 aromatic heterocycles. The molecule has 0 aliphatic rings. The number of halogens is 2. The molecule has 0 atom stereocenters. The number of nitrogens with one attached hydrogen (secondary N) is 1. The Bertz CT molecular complexity index is 1360. The molecule has 1 N–H and O–H groups in total. The number of methoxy groups -OCH3 is 1. The van der Waals surface area contributed by atoms with E-state index in [1.165, 1.54) is 18.0 Å². The third kappa shape index (κ3) is 6.30. The van der Waals surface area contributed by atoms with Gasteiger partial charge in [-0.3, -0.25) is 9.36 Å². The van der Waals surface area contributed by atoms with E-state index in [9.17, 15) is 4.79 Å². The van der Waals surface area contributed by atoms with Crippen LogP contribution in [0.15, 0.2) is 81.5 Å². The number of hydrazone groups is 1. The van der Waals surface area contributed by atoms with E-state index < -0.39 is 0 Å². The van der Waals surface area contributed by atoms with Gasteiger partial charge in [-0.2, -0.15) is 5.10 Å². The van der Waals surface area contributed by atoms with Crippen molar-refractivity contribution >= 4 is 51.4 Å². The fourth-order valence-electron chi connectivity index (χ4n) is 3.22. The van der Waals surface area contributed by atoms with Crippen LogP contribution in [0.4, 0.5) is 0 Å². The lowest BCUT2D eigenvalue weighted by Crippen LogP contribution is -2.20. The number of rotatable bonds is 8. The van der Waals surface area contributed by atoms with E-state index in [0.717, 1.165) is 26.9 Å². The average Bonchev–Trinajstić information content (AvgIpc) is 3.28. The first-order valence-corrected chi connectivity index (χ1v) is 12.7. The molecule has 1 amide bonds. The molecule has 0 fully saturated rings. The number of carbonyl (C=O) groups is 1. The van der Waals surface area contributed by atoms with Crippen molar-refractivity contribution in [2.45, 2.75) is 12.1 Å². The highest BCUT2D eigenvalue weighted by molar-refractivity contribution is 9.10. The van der Waals surface area contributed by atoms with Crippen LogP contribution >= 0.6 is 39.3 Å². The molecule has 3 aromatic carbocycles. The highest BCUT2D eigenvalue weighted by atomic mass is 79.9. The standard InChI is InChI=1S/C25H21BrClN5O2S/c1-16-3-5-17(6-4-16)24-30-31-25(32(24)21-10-8-20(27)9-11-21)35-15-23(33)29-28-14-18-13-19(26)7-12-22(18)34-2/h3-14H,15H2,1-2H3,(H,29,33). The highest BCUT2D eigenvalue weighted by Gasteiger charge is 2.17. The number of carbonyl (C=O) groups excluding carboxylic acids is 1. The minimum absolute atomic E-state index is 0.104. The molecule has 0 aliphatic carbocycles. The van der Waals surface area contributed by atoms with Gasteiger partial charge in [-0.15, -0.1) is 10.2 Å². The first-order valence-electron chi connectivity index (χ1n) is 10.5. The maximum Gasteiger partial charge on any atom is 0.250 e. The van der Waals surface area contributed by atoms with Gasteiger partial charge < -0.3 is 4.74 Å². The Kier molecular flexibility index (Phi) is 8.22. The van der Waals surface area contributed by atoms with Crippen LogP contribution in [-0.4, -0.2) is 39.7 Å². The molecule has 35 heavy (non-hydrogen) atoms. The van der Waals surface area contributed by atoms with E-state index in [2.05, 4.69) is 36.7 Å². The van der Waals surface area contributed by atoms with Gasteiger partial charge in [0.05, 0.1) is 19.1 Å². The first kappa shape index (κ1) is 25.0. The number of benzene rings is 3. The van der Waals surface area contributed by atoms with E-state index >= 15 is 0 Å². The minimum atomic E-state index is -0.275. The zero-order chi connectivity index (χ0) is 24.8. The summed E-state index contributed by atoms with van der Waals surface area (Å²) in [7, 11) is 1.58. The van der Waals surface area contributed by atoms with Crippen molar-refractivity contribution in [3.63, 3.8) is 0 Å². The molecule has 178 valence electrons. The zero-order valence-electron chi connectivity index (χ0n) is 18.9. The number of nitrogens with zero attached hydrogens (tertiary/aromatic N) is 4. The summed E-state index contributed by atoms with van der Waals surface area (Å²) in [5, 5.41) is 14.0. The molecule has 0 saturated heterocycles. The summed E-state index contributed by atoms with van der Waals surface area (Å²) in [4.78, 5) is 12.5. The lowest BCUT2D eigenvalue weighted by Gasteiger charge is -2.10. The second-order valence-corrected chi connectivity index (χ2v) is 9.75. The normalized spacial score (nSPS) is 11.1. The number of aromatic nitrogens is 3. The Morgan fingerprint density at radius 3 is 2.60 bits per heavy atom. The van der Waals surface area contributed by atoms with E-state index in [4.69, 9.17) is 16.3 Å². The van der Waals surface area contributed by atoms with Gasteiger partial charge in [0.25, 0.3) is 5.91 Å². The predicted molar refractivity (Wildman–Crippen MR) is 144 cm³/mol. The fourth-order valence-corrected chi connectivity index (χ4v) is 4.47. The second-order valence-electron chi connectivity index (χ2n) is 7.45. The molecule has 0 unspecified atom stereocenters. The SMILES string of the molecule is COc1ccc(Br)cc1C=NNC(=O)CSc1nnc(-c2ccc(C)cc2)n1-c1ccc(Cl)cc1. The van der Waals surface area contributed by atoms with Crippen LogP contribution in [0.3, 0.4) is 0 Å². The summed E-state index contributed by atoms with van der Waals surface area (Å²) in [6, 6.07) is 21.0. The largest absolute Gasteiger partial charge is 0.496 e. The smallest absolute Gasteiger partial charge is 0.250 e. The zero-order valence-corrected chi connectivity index (χ0v) is 22.1. The number of aryl methyl sites for hydroxylation is 1. The van der Waals surface area contributed by atoms with Crippen molar-refractivity contribution in [3.05, 3.63) is 87.4 Å². The Balaban J connectivity index is 1.51. The summed E-state index contributed by atoms with van der Waals surface area (Å²) in [5.41, 5.74) is 6.20. The maximum atomic E-state index is 12.5. The summed E-state index contributed by atoms with van der Waals surface area (Å²) >= 11 is 10.8. The fraction of sp³-hybridized carbons (Fsp3) is 0.120. The minimum Gasteiger partial charge on any atom is -0.496 e. The van der Waals surface area contributed by atoms with Crippen LogP contribution in [0, 0.1) is 6.92 Å². The Labute approximate surface area is 220 Å². The lowest BCUT2D eigenvalue weighted by molar-refractivity contribution is -0.118. The van der Waals surface area contributed by atoms with Crippen LogP contribution in [0.2, 0.25) is 5.02 Å². The molecule has 7 nitrogen and oxygen atoms in total. The van der Waals surface area contributed by atoms with Crippen molar-refractivity contribution in [2.24, 2.45) is 5.10 Å². The molecular formula is C25H21BrClN5O2S. The molecule has 10 heteroatoms. The van der Waals surface area contributed by atoms with E-state index in [1.54, 1.807) is 7.11 Å². The average molecular weight is 571 g/mol. The maximum absolute atomic E-state index is 12.5. The Morgan fingerprint density at radius 2 is 1.89 bits per heavy atom.